The number of amides is 1. The standard InChI is InChI=1S/C25H28N2O6/c1-6-10-26-24(28)20-15-7-8-17(30-2)23(33-5)21(15)25(29)27-11-9-14-12-18(31-3)19(32-4)13-16(14)22(20)27/h7-8,12-13H,6,9-11H2,1-5H3,(H,26,28). The molecule has 33 heavy (non-hydrogen) atoms. The van der Waals surface area contributed by atoms with Crippen molar-refractivity contribution in [2.45, 2.75) is 26.3 Å². The van der Waals surface area contributed by atoms with E-state index in [0.29, 0.717) is 64.5 Å². The SMILES string of the molecule is CCCNC(=O)c1c2n(c(=O)c3c(OC)c(OC)ccc13)CCc1cc(OC)c(OC)cc1-2. The minimum atomic E-state index is -0.250. The maximum atomic E-state index is 13.7. The van der Waals surface area contributed by atoms with Crippen LogP contribution in [0.2, 0.25) is 0 Å². The largest absolute Gasteiger partial charge is 0.493 e. The van der Waals surface area contributed by atoms with E-state index in [-0.39, 0.29) is 11.5 Å². The number of nitrogens with zero attached hydrogens (tertiary/aromatic N) is 1. The van der Waals surface area contributed by atoms with Crippen LogP contribution in [-0.4, -0.2) is 45.5 Å². The van der Waals surface area contributed by atoms with E-state index in [1.54, 1.807) is 30.9 Å². The molecule has 1 aliphatic heterocycles. The molecule has 1 N–H and O–H groups in total. The molecule has 0 aliphatic carbocycles. The summed E-state index contributed by atoms with van der Waals surface area (Å²) in [7, 11) is 6.16. The van der Waals surface area contributed by atoms with Crippen molar-refractivity contribution in [2.75, 3.05) is 35.0 Å². The van der Waals surface area contributed by atoms with Crippen LogP contribution in [0.5, 0.6) is 23.0 Å². The first-order valence-corrected chi connectivity index (χ1v) is 10.9. The molecule has 8 heteroatoms. The number of hydrogen-bond acceptors (Lipinski definition) is 6. The summed E-state index contributed by atoms with van der Waals surface area (Å²) in [5.41, 5.74) is 2.51. The summed E-state index contributed by atoms with van der Waals surface area (Å²) in [6.45, 7) is 2.93. The van der Waals surface area contributed by atoms with Gasteiger partial charge in [0.2, 0.25) is 0 Å². The number of nitrogens with one attached hydrogen (secondary N) is 1. The predicted molar refractivity (Wildman–Crippen MR) is 126 cm³/mol. The van der Waals surface area contributed by atoms with Gasteiger partial charge < -0.3 is 28.8 Å². The van der Waals surface area contributed by atoms with Gasteiger partial charge in [-0.15, -0.1) is 0 Å². The minimum Gasteiger partial charge on any atom is -0.493 e. The second-order valence-electron chi connectivity index (χ2n) is 7.77. The monoisotopic (exact) mass is 452 g/mol. The maximum Gasteiger partial charge on any atom is 0.262 e. The highest BCUT2D eigenvalue weighted by Crippen LogP contribution is 2.43. The van der Waals surface area contributed by atoms with Crippen LogP contribution in [0.3, 0.4) is 0 Å². The molecule has 174 valence electrons. The number of methoxy groups -OCH3 is 4. The summed E-state index contributed by atoms with van der Waals surface area (Å²) in [4.78, 5) is 27.2. The van der Waals surface area contributed by atoms with Crippen molar-refractivity contribution in [3.05, 3.63) is 45.7 Å². The third-order valence-corrected chi connectivity index (χ3v) is 6.01. The Morgan fingerprint density at radius 1 is 1.00 bits per heavy atom. The van der Waals surface area contributed by atoms with E-state index in [4.69, 9.17) is 18.9 Å². The molecular weight excluding hydrogens is 424 g/mol. The highest BCUT2D eigenvalue weighted by Gasteiger charge is 2.30. The van der Waals surface area contributed by atoms with Crippen molar-refractivity contribution < 1.29 is 23.7 Å². The van der Waals surface area contributed by atoms with Crippen molar-refractivity contribution >= 4 is 16.7 Å². The molecule has 1 amide bonds. The molecule has 0 radical (unpaired) electrons. The molecule has 2 aromatic carbocycles. The zero-order valence-electron chi connectivity index (χ0n) is 19.5. The van der Waals surface area contributed by atoms with E-state index < -0.39 is 0 Å². The number of pyridine rings is 1. The quantitative estimate of drug-likeness (QED) is 0.591. The fraction of sp³-hybridized carbons (Fsp3) is 0.360. The molecule has 4 rings (SSSR count). The Balaban J connectivity index is 2.15. The Labute approximate surface area is 192 Å². The Bertz CT molecular complexity index is 1290. The van der Waals surface area contributed by atoms with Gasteiger partial charge >= 0.3 is 0 Å². The predicted octanol–water partition coefficient (Wildman–Crippen LogP) is 3.40. The van der Waals surface area contributed by atoms with Gasteiger partial charge in [0.15, 0.2) is 23.0 Å². The lowest BCUT2D eigenvalue weighted by Crippen LogP contribution is -2.32. The van der Waals surface area contributed by atoms with E-state index in [9.17, 15) is 9.59 Å². The molecular formula is C25H28N2O6. The summed E-state index contributed by atoms with van der Waals surface area (Å²) >= 11 is 0. The van der Waals surface area contributed by atoms with Crippen molar-refractivity contribution in [2.24, 2.45) is 0 Å². The summed E-state index contributed by atoms with van der Waals surface area (Å²) in [5.74, 6) is 1.64. The van der Waals surface area contributed by atoms with Gasteiger partial charge in [-0.3, -0.25) is 9.59 Å². The lowest BCUT2D eigenvalue weighted by atomic mass is 9.90. The van der Waals surface area contributed by atoms with E-state index in [2.05, 4.69) is 5.32 Å². The number of carbonyl (C=O) groups excluding carboxylic acids is 1. The topological polar surface area (TPSA) is 88.0 Å². The summed E-state index contributed by atoms with van der Waals surface area (Å²) in [5, 5.41) is 3.82. The van der Waals surface area contributed by atoms with Crippen molar-refractivity contribution in [3.63, 3.8) is 0 Å². The Kier molecular flexibility index (Phi) is 6.18. The van der Waals surface area contributed by atoms with Gasteiger partial charge in [0.1, 0.15) is 0 Å². The van der Waals surface area contributed by atoms with E-state index in [1.165, 1.54) is 14.2 Å². The van der Waals surface area contributed by atoms with Crippen molar-refractivity contribution in [3.8, 4) is 34.3 Å². The second kappa shape index (κ2) is 9.05. The Morgan fingerprint density at radius 3 is 2.33 bits per heavy atom. The number of benzene rings is 2. The third-order valence-electron chi connectivity index (χ3n) is 6.01. The average molecular weight is 453 g/mol. The van der Waals surface area contributed by atoms with Crippen molar-refractivity contribution in [1.29, 1.82) is 0 Å². The Morgan fingerprint density at radius 2 is 1.70 bits per heavy atom. The molecule has 0 bridgehead atoms. The normalized spacial score (nSPS) is 12.0. The molecule has 0 atom stereocenters. The van der Waals surface area contributed by atoms with Gasteiger partial charge in [-0.05, 0) is 42.7 Å². The minimum absolute atomic E-state index is 0.233. The first kappa shape index (κ1) is 22.5. The van der Waals surface area contributed by atoms with Crippen LogP contribution in [-0.2, 0) is 13.0 Å². The van der Waals surface area contributed by atoms with Crippen LogP contribution < -0.4 is 29.8 Å². The number of aromatic nitrogens is 1. The lowest BCUT2D eigenvalue weighted by Gasteiger charge is -2.27. The number of carbonyl (C=O) groups is 1. The van der Waals surface area contributed by atoms with Gasteiger partial charge in [0, 0.05) is 24.0 Å². The van der Waals surface area contributed by atoms with Gasteiger partial charge in [0.25, 0.3) is 11.5 Å². The van der Waals surface area contributed by atoms with Crippen LogP contribution >= 0.6 is 0 Å². The van der Waals surface area contributed by atoms with E-state index in [1.807, 2.05) is 19.1 Å². The molecule has 1 aliphatic rings. The number of aryl methyl sites for hydroxylation is 1. The average Bonchev–Trinajstić information content (AvgIpc) is 2.85. The van der Waals surface area contributed by atoms with Gasteiger partial charge in [0.05, 0.1) is 45.1 Å². The fourth-order valence-electron chi connectivity index (χ4n) is 4.48. The summed E-state index contributed by atoms with van der Waals surface area (Å²) in [6.07, 6.45) is 1.40. The first-order valence-electron chi connectivity index (χ1n) is 10.9. The van der Waals surface area contributed by atoms with Crippen LogP contribution in [0.4, 0.5) is 0 Å². The van der Waals surface area contributed by atoms with Crippen LogP contribution in [0.1, 0.15) is 29.3 Å². The van der Waals surface area contributed by atoms with E-state index in [0.717, 1.165) is 17.5 Å². The molecule has 0 unspecified atom stereocenters. The van der Waals surface area contributed by atoms with Crippen LogP contribution in [0, 0.1) is 0 Å². The lowest BCUT2D eigenvalue weighted by molar-refractivity contribution is 0.0955. The van der Waals surface area contributed by atoms with Gasteiger partial charge in [-0.2, -0.15) is 0 Å². The molecule has 1 aromatic heterocycles. The van der Waals surface area contributed by atoms with E-state index >= 15 is 0 Å². The number of hydrogen-bond donors (Lipinski definition) is 1. The van der Waals surface area contributed by atoms with Gasteiger partial charge in [-0.25, -0.2) is 0 Å². The number of rotatable bonds is 7. The number of fused-ring (bicyclic) bond motifs is 4. The smallest absolute Gasteiger partial charge is 0.262 e. The molecule has 3 aromatic rings. The molecule has 2 heterocycles. The molecule has 0 fully saturated rings. The molecule has 0 saturated heterocycles. The zero-order chi connectivity index (χ0) is 23.7. The van der Waals surface area contributed by atoms with Gasteiger partial charge in [-0.1, -0.05) is 6.92 Å². The third kappa shape index (κ3) is 3.55. The summed E-state index contributed by atoms with van der Waals surface area (Å²) < 4.78 is 23.6. The summed E-state index contributed by atoms with van der Waals surface area (Å²) in [6, 6.07) is 7.21. The van der Waals surface area contributed by atoms with Crippen molar-refractivity contribution in [1.82, 2.24) is 9.88 Å². The van der Waals surface area contributed by atoms with Crippen LogP contribution in [0.25, 0.3) is 22.0 Å². The first-order chi connectivity index (χ1) is 16.0. The number of ether oxygens (including phenoxy) is 4. The Hall–Kier alpha value is -3.68. The second-order valence-corrected chi connectivity index (χ2v) is 7.77. The molecule has 0 saturated carbocycles. The molecule has 0 spiro atoms. The zero-order valence-corrected chi connectivity index (χ0v) is 19.5. The molecule has 8 nitrogen and oxygen atoms in total. The maximum absolute atomic E-state index is 13.7. The fourth-order valence-corrected chi connectivity index (χ4v) is 4.48. The highest BCUT2D eigenvalue weighted by molar-refractivity contribution is 6.13. The highest BCUT2D eigenvalue weighted by atomic mass is 16.5. The van der Waals surface area contributed by atoms with Crippen LogP contribution in [0.15, 0.2) is 29.1 Å².